The first-order valence-electron chi connectivity index (χ1n) is 5.61. The maximum atomic E-state index is 12.3. The van der Waals surface area contributed by atoms with Gasteiger partial charge in [-0.25, -0.2) is 13.4 Å². The molecule has 0 saturated heterocycles. The lowest BCUT2D eigenvalue weighted by Gasteiger charge is -2.03. The number of hydrogen-bond acceptors (Lipinski definition) is 6. The fourth-order valence-electron chi connectivity index (χ4n) is 1.62. The molecular formula is C11H15N3O2S3. The number of hydrogen-bond donors (Lipinski definition) is 2. The van der Waals surface area contributed by atoms with Crippen molar-refractivity contribution in [3.8, 4) is 0 Å². The molecule has 2 N–H and O–H groups in total. The summed E-state index contributed by atoms with van der Waals surface area (Å²) in [6.07, 6.45) is 0. The third-order valence-electron chi connectivity index (χ3n) is 2.40. The number of thiazole rings is 1. The van der Waals surface area contributed by atoms with Crippen molar-refractivity contribution in [3.63, 3.8) is 0 Å². The second kappa shape index (κ2) is 5.58. The lowest BCUT2D eigenvalue weighted by molar-refractivity contribution is 0.601. The Labute approximate surface area is 120 Å². The van der Waals surface area contributed by atoms with E-state index in [2.05, 4.69) is 15.0 Å². The van der Waals surface area contributed by atoms with Crippen LogP contribution in [0.1, 0.15) is 15.4 Å². The second-order valence-corrected chi connectivity index (χ2v) is 7.91. The fourth-order valence-corrected chi connectivity index (χ4v) is 5.21. The summed E-state index contributed by atoms with van der Waals surface area (Å²) in [4.78, 5) is 6.22. The molecule has 2 heterocycles. The molecule has 0 unspecified atom stereocenters. The molecule has 0 aliphatic carbocycles. The second-order valence-electron chi connectivity index (χ2n) is 4.06. The van der Waals surface area contributed by atoms with Gasteiger partial charge in [-0.3, -0.25) is 4.72 Å². The number of sulfonamides is 1. The van der Waals surface area contributed by atoms with E-state index in [9.17, 15) is 8.42 Å². The van der Waals surface area contributed by atoms with E-state index in [0.717, 1.165) is 15.4 Å². The smallest absolute Gasteiger partial charge is 0.264 e. The predicted octanol–water partition coefficient (Wildman–Crippen LogP) is 2.34. The van der Waals surface area contributed by atoms with Crippen molar-refractivity contribution >= 4 is 37.8 Å². The van der Waals surface area contributed by atoms with Gasteiger partial charge >= 0.3 is 0 Å². The van der Waals surface area contributed by atoms with Gasteiger partial charge in [0.25, 0.3) is 10.0 Å². The number of thiophene rings is 1. The summed E-state index contributed by atoms with van der Waals surface area (Å²) in [5, 5.41) is 5.23. The van der Waals surface area contributed by atoms with Crippen LogP contribution in [-0.4, -0.2) is 20.4 Å². The third kappa shape index (κ3) is 3.33. The summed E-state index contributed by atoms with van der Waals surface area (Å²) in [5.74, 6) is 0. The average Bonchev–Trinajstić information content (AvgIpc) is 2.86. The molecule has 0 fully saturated rings. The molecule has 104 valence electrons. The van der Waals surface area contributed by atoms with Gasteiger partial charge in [0.15, 0.2) is 5.13 Å². The van der Waals surface area contributed by atoms with Crippen LogP contribution in [0, 0.1) is 13.8 Å². The van der Waals surface area contributed by atoms with Crippen LogP contribution in [0.25, 0.3) is 0 Å². The molecule has 0 aromatic carbocycles. The molecule has 0 radical (unpaired) electrons. The van der Waals surface area contributed by atoms with E-state index in [1.165, 1.54) is 22.7 Å². The van der Waals surface area contributed by atoms with Crippen molar-refractivity contribution in [2.75, 3.05) is 11.8 Å². The lowest BCUT2D eigenvalue weighted by atomic mass is 10.4. The molecule has 2 aromatic rings. The Bertz CT molecular complexity index is 673. The molecule has 2 rings (SSSR count). The highest BCUT2D eigenvalue weighted by Crippen LogP contribution is 2.28. The number of rotatable bonds is 5. The SMILES string of the molecule is CNCc1cc(S(=O)(=O)Nc2nc(C)cs2)c(C)s1. The zero-order chi connectivity index (χ0) is 14.0. The molecule has 0 bridgehead atoms. The van der Waals surface area contributed by atoms with Crippen LogP contribution in [0.15, 0.2) is 16.3 Å². The normalized spacial score (nSPS) is 11.7. The summed E-state index contributed by atoms with van der Waals surface area (Å²) < 4.78 is 27.1. The van der Waals surface area contributed by atoms with E-state index in [1.807, 2.05) is 26.3 Å². The molecule has 0 saturated carbocycles. The molecular weight excluding hydrogens is 302 g/mol. The van der Waals surface area contributed by atoms with Crippen LogP contribution >= 0.6 is 22.7 Å². The molecule has 5 nitrogen and oxygen atoms in total. The van der Waals surface area contributed by atoms with Gasteiger partial charge in [-0.2, -0.15) is 0 Å². The number of nitrogens with one attached hydrogen (secondary N) is 2. The van der Waals surface area contributed by atoms with E-state index in [4.69, 9.17) is 0 Å². The summed E-state index contributed by atoms with van der Waals surface area (Å²) in [6, 6.07) is 1.71. The van der Waals surface area contributed by atoms with Gasteiger partial charge < -0.3 is 5.32 Å². The quantitative estimate of drug-likeness (QED) is 0.888. The van der Waals surface area contributed by atoms with Gasteiger partial charge in [0.1, 0.15) is 4.90 Å². The van der Waals surface area contributed by atoms with Crippen molar-refractivity contribution < 1.29 is 8.42 Å². The third-order valence-corrected chi connectivity index (χ3v) is 6.05. The first-order valence-corrected chi connectivity index (χ1v) is 8.79. The maximum Gasteiger partial charge on any atom is 0.264 e. The summed E-state index contributed by atoms with van der Waals surface area (Å²) in [6.45, 7) is 4.30. The largest absolute Gasteiger partial charge is 0.315 e. The number of aromatic nitrogens is 1. The van der Waals surface area contributed by atoms with Crippen LogP contribution in [0.4, 0.5) is 5.13 Å². The molecule has 0 amide bonds. The molecule has 0 atom stereocenters. The number of nitrogens with zero attached hydrogens (tertiary/aromatic N) is 1. The van der Waals surface area contributed by atoms with Crippen LogP contribution in [0.2, 0.25) is 0 Å². The van der Waals surface area contributed by atoms with Crippen LogP contribution in [-0.2, 0) is 16.6 Å². The minimum atomic E-state index is -3.55. The zero-order valence-corrected chi connectivity index (χ0v) is 13.3. The fraction of sp³-hybridized carbons (Fsp3) is 0.364. The van der Waals surface area contributed by atoms with Crippen LogP contribution in [0.5, 0.6) is 0 Å². The Morgan fingerprint density at radius 3 is 2.68 bits per heavy atom. The van der Waals surface area contributed by atoms with E-state index < -0.39 is 10.0 Å². The van der Waals surface area contributed by atoms with Crippen molar-refractivity contribution in [1.82, 2.24) is 10.3 Å². The average molecular weight is 317 g/mol. The number of anilines is 1. The molecule has 19 heavy (non-hydrogen) atoms. The highest BCUT2D eigenvalue weighted by atomic mass is 32.2. The van der Waals surface area contributed by atoms with E-state index in [1.54, 1.807) is 6.07 Å². The highest BCUT2D eigenvalue weighted by Gasteiger charge is 2.21. The maximum absolute atomic E-state index is 12.3. The van der Waals surface area contributed by atoms with Gasteiger partial charge in [-0.15, -0.1) is 22.7 Å². The predicted molar refractivity (Wildman–Crippen MR) is 79.5 cm³/mol. The van der Waals surface area contributed by atoms with Gasteiger partial charge in [-0.05, 0) is 27.0 Å². The van der Waals surface area contributed by atoms with E-state index in [-0.39, 0.29) is 0 Å². The van der Waals surface area contributed by atoms with E-state index >= 15 is 0 Å². The van der Waals surface area contributed by atoms with Gasteiger partial charge in [0.2, 0.25) is 0 Å². The standard InChI is InChI=1S/C11H15N3O2S3/c1-7-6-17-11(13-7)14-19(15,16)10-4-9(5-12-3)18-8(10)2/h4,6,12H,5H2,1-3H3,(H,13,14). The minimum absolute atomic E-state index is 0.329. The molecule has 0 spiro atoms. The first kappa shape index (κ1) is 14.4. The molecule has 0 aliphatic heterocycles. The Morgan fingerprint density at radius 2 is 2.11 bits per heavy atom. The van der Waals surface area contributed by atoms with Crippen molar-refractivity contribution in [2.24, 2.45) is 0 Å². The Kier molecular flexibility index (Phi) is 4.24. The van der Waals surface area contributed by atoms with Gasteiger partial charge in [0, 0.05) is 21.7 Å². The Morgan fingerprint density at radius 1 is 1.37 bits per heavy atom. The number of aryl methyl sites for hydroxylation is 2. The zero-order valence-electron chi connectivity index (χ0n) is 10.9. The lowest BCUT2D eigenvalue weighted by Crippen LogP contribution is -2.13. The minimum Gasteiger partial charge on any atom is -0.315 e. The Balaban J connectivity index is 2.28. The summed E-state index contributed by atoms with van der Waals surface area (Å²) >= 11 is 2.77. The van der Waals surface area contributed by atoms with Crippen molar-refractivity contribution in [1.29, 1.82) is 0 Å². The summed E-state index contributed by atoms with van der Waals surface area (Å²) in [7, 11) is -1.71. The topological polar surface area (TPSA) is 71.1 Å². The van der Waals surface area contributed by atoms with E-state index in [0.29, 0.717) is 16.6 Å². The Hall–Kier alpha value is -0.960. The van der Waals surface area contributed by atoms with Crippen LogP contribution < -0.4 is 10.0 Å². The van der Waals surface area contributed by atoms with Gasteiger partial charge in [-0.1, -0.05) is 0 Å². The molecule has 2 aromatic heterocycles. The first-order chi connectivity index (χ1) is 8.92. The van der Waals surface area contributed by atoms with Crippen molar-refractivity contribution in [2.45, 2.75) is 25.3 Å². The molecule has 0 aliphatic rings. The summed E-state index contributed by atoms with van der Waals surface area (Å²) in [5.41, 5.74) is 0.806. The molecule has 8 heteroatoms. The van der Waals surface area contributed by atoms with Crippen LogP contribution in [0.3, 0.4) is 0 Å². The monoisotopic (exact) mass is 317 g/mol. The van der Waals surface area contributed by atoms with Gasteiger partial charge in [0.05, 0.1) is 5.69 Å². The van der Waals surface area contributed by atoms with Crippen molar-refractivity contribution in [3.05, 3.63) is 26.9 Å². The highest BCUT2D eigenvalue weighted by molar-refractivity contribution is 7.93.